The van der Waals surface area contributed by atoms with Crippen LogP contribution >= 0.6 is 15.9 Å². The van der Waals surface area contributed by atoms with Crippen molar-refractivity contribution < 1.29 is 13.2 Å². The summed E-state index contributed by atoms with van der Waals surface area (Å²) in [7, 11) is -3.58. The van der Waals surface area contributed by atoms with E-state index in [1.165, 1.54) is 4.31 Å². The number of rotatable bonds is 4. The van der Waals surface area contributed by atoms with E-state index in [1.54, 1.807) is 24.3 Å². The van der Waals surface area contributed by atoms with Crippen LogP contribution in [0.3, 0.4) is 0 Å². The summed E-state index contributed by atoms with van der Waals surface area (Å²) >= 11 is 3.41. The predicted octanol–water partition coefficient (Wildman–Crippen LogP) is 3.80. The van der Waals surface area contributed by atoms with E-state index >= 15 is 0 Å². The first-order valence-electron chi connectivity index (χ1n) is 8.50. The summed E-state index contributed by atoms with van der Waals surface area (Å²) in [6.45, 7) is 2.56. The van der Waals surface area contributed by atoms with Crippen molar-refractivity contribution in [2.75, 3.05) is 18.4 Å². The number of sulfonamides is 1. The van der Waals surface area contributed by atoms with E-state index in [0.717, 1.165) is 10.0 Å². The van der Waals surface area contributed by atoms with Crippen molar-refractivity contribution in [1.82, 2.24) is 4.31 Å². The van der Waals surface area contributed by atoms with Crippen LogP contribution in [0.5, 0.6) is 0 Å². The summed E-state index contributed by atoms with van der Waals surface area (Å²) in [5, 5.41) is 2.89. The Bertz CT molecular complexity index is 897. The summed E-state index contributed by atoms with van der Waals surface area (Å²) < 4.78 is 28.0. The molecule has 0 unspecified atom stereocenters. The summed E-state index contributed by atoms with van der Waals surface area (Å²) in [5.41, 5.74) is 1.70. The highest BCUT2D eigenvalue weighted by Crippen LogP contribution is 2.27. The summed E-state index contributed by atoms with van der Waals surface area (Å²) in [4.78, 5) is 12.9. The fraction of sp³-hybridized carbons (Fsp3) is 0.316. The molecule has 1 saturated heterocycles. The monoisotopic (exact) mass is 436 g/mol. The van der Waals surface area contributed by atoms with E-state index in [9.17, 15) is 13.2 Å². The second kappa shape index (κ2) is 7.90. The van der Waals surface area contributed by atoms with Crippen LogP contribution in [0, 0.1) is 12.8 Å². The van der Waals surface area contributed by atoms with Crippen molar-refractivity contribution in [3.63, 3.8) is 0 Å². The number of carbonyl (C=O) groups is 1. The van der Waals surface area contributed by atoms with Crippen LogP contribution in [-0.2, 0) is 14.8 Å². The van der Waals surface area contributed by atoms with Crippen LogP contribution in [0.2, 0.25) is 0 Å². The minimum absolute atomic E-state index is 0.152. The number of piperidine rings is 1. The second-order valence-electron chi connectivity index (χ2n) is 6.48. The number of aryl methyl sites for hydroxylation is 1. The summed E-state index contributed by atoms with van der Waals surface area (Å²) in [6.07, 6.45) is 1.34. The zero-order chi connectivity index (χ0) is 18.7. The maximum atomic E-state index is 12.9. The lowest BCUT2D eigenvalue weighted by Crippen LogP contribution is -2.43. The fourth-order valence-electron chi connectivity index (χ4n) is 3.03. The normalized spacial score (nSPS) is 18.5. The van der Waals surface area contributed by atoms with Crippen molar-refractivity contribution in [3.05, 3.63) is 58.6 Å². The number of nitrogens with one attached hydrogen (secondary N) is 1. The van der Waals surface area contributed by atoms with Gasteiger partial charge >= 0.3 is 0 Å². The quantitative estimate of drug-likeness (QED) is 0.792. The first-order valence-corrected chi connectivity index (χ1v) is 10.7. The van der Waals surface area contributed by atoms with E-state index in [-0.39, 0.29) is 23.3 Å². The highest BCUT2D eigenvalue weighted by atomic mass is 79.9. The standard InChI is InChI=1S/C19H21BrN2O3S/c1-14-8-10-16(11-9-14)26(24,25)22-12-4-5-15(13-22)19(23)21-18-7-3-2-6-17(18)20/h2-3,6-11,15H,4-5,12-13H2,1H3,(H,21,23)/t15-/m0/s1. The Hall–Kier alpha value is -1.70. The van der Waals surface area contributed by atoms with Crippen LogP contribution in [0.4, 0.5) is 5.69 Å². The van der Waals surface area contributed by atoms with Crippen molar-refractivity contribution in [2.45, 2.75) is 24.7 Å². The predicted molar refractivity (Wildman–Crippen MR) is 105 cm³/mol. The third-order valence-corrected chi connectivity index (χ3v) is 7.12. The largest absolute Gasteiger partial charge is 0.325 e. The van der Waals surface area contributed by atoms with Crippen molar-refractivity contribution >= 4 is 37.5 Å². The molecular weight excluding hydrogens is 416 g/mol. The molecule has 1 N–H and O–H groups in total. The molecule has 0 radical (unpaired) electrons. The van der Waals surface area contributed by atoms with E-state index in [0.29, 0.717) is 25.1 Å². The number of halogens is 1. The molecule has 7 heteroatoms. The molecule has 2 aromatic carbocycles. The van der Waals surface area contributed by atoms with E-state index in [1.807, 2.05) is 31.2 Å². The van der Waals surface area contributed by atoms with Crippen molar-refractivity contribution in [2.24, 2.45) is 5.92 Å². The number of carbonyl (C=O) groups excluding carboxylic acids is 1. The molecule has 0 saturated carbocycles. The molecule has 26 heavy (non-hydrogen) atoms. The van der Waals surface area contributed by atoms with Crippen LogP contribution in [-0.4, -0.2) is 31.7 Å². The van der Waals surface area contributed by atoms with Gasteiger partial charge < -0.3 is 5.32 Å². The molecule has 0 aromatic heterocycles. The molecule has 3 rings (SSSR count). The van der Waals surface area contributed by atoms with Crippen molar-refractivity contribution in [1.29, 1.82) is 0 Å². The van der Waals surface area contributed by atoms with E-state index in [2.05, 4.69) is 21.2 Å². The molecule has 1 amide bonds. The maximum Gasteiger partial charge on any atom is 0.243 e. The van der Waals surface area contributed by atoms with Gasteiger partial charge in [-0.15, -0.1) is 0 Å². The van der Waals surface area contributed by atoms with Gasteiger partial charge in [0, 0.05) is 17.6 Å². The molecule has 5 nitrogen and oxygen atoms in total. The zero-order valence-electron chi connectivity index (χ0n) is 14.5. The van der Waals surface area contributed by atoms with Gasteiger partial charge in [-0.05, 0) is 60.0 Å². The lowest BCUT2D eigenvalue weighted by atomic mass is 9.99. The Morgan fingerprint density at radius 2 is 1.85 bits per heavy atom. The smallest absolute Gasteiger partial charge is 0.243 e. The number of benzene rings is 2. The molecule has 0 spiro atoms. The zero-order valence-corrected chi connectivity index (χ0v) is 16.9. The molecule has 1 aliphatic heterocycles. The first-order chi connectivity index (χ1) is 12.4. The number of anilines is 1. The van der Waals surface area contributed by atoms with Gasteiger partial charge in [0.2, 0.25) is 15.9 Å². The lowest BCUT2D eigenvalue weighted by molar-refractivity contribution is -0.120. The molecule has 1 atom stereocenters. The Morgan fingerprint density at radius 3 is 2.54 bits per heavy atom. The van der Waals surface area contributed by atoms with Gasteiger partial charge in [0.1, 0.15) is 0 Å². The minimum atomic E-state index is -3.58. The molecule has 1 heterocycles. The van der Waals surface area contributed by atoms with Gasteiger partial charge in [-0.25, -0.2) is 8.42 Å². The van der Waals surface area contributed by atoms with Gasteiger partial charge in [0.15, 0.2) is 0 Å². The van der Waals surface area contributed by atoms with Crippen LogP contribution < -0.4 is 5.32 Å². The molecule has 1 aliphatic rings. The van der Waals surface area contributed by atoms with Crippen LogP contribution in [0.15, 0.2) is 57.9 Å². The third kappa shape index (κ3) is 4.16. The number of hydrogen-bond acceptors (Lipinski definition) is 3. The lowest BCUT2D eigenvalue weighted by Gasteiger charge is -2.31. The first kappa shape index (κ1) is 19.1. The third-order valence-electron chi connectivity index (χ3n) is 4.55. The topological polar surface area (TPSA) is 66.5 Å². The Balaban J connectivity index is 1.73. The Morgan fingerprint density at radius 1 is 1.15 bits per heavy atom. The van der Waals surface area contributed by atoms with Gasteiger partial charge in [-0.1, -0.05) is 29.8 Å². The number of para-hydroxylation sites is 1. The number of hydrogen-bond donors (Lipinski definition) is 1. The SMILES string of the molecule is Cc1ccc(S(=O)(=O)N2CCC[C@H](C(=O)Nc3ccccc3Br)C2)cc1. The Kier molecular flexibility index (Phi) is 5.79. The highest BCUT2D eigenvalue weighted by molar-refractivity contribution is 9.10. The van der Waals surface area contributed by atoms with Crippen LogP contribution in [0.1, 0.15) is 18.4 Å². The van der Waals surface area contributed by atoms with Gasteiger partial charge in [0.05, 0.1) is 16.5 Å². The fourth-order valence-corrected chi connectivity index (χ4v) is 4.94. The van der Waals surface area contributed by atoms with Crippen LogP contribution in [0.25, 0.3) is 0 Å². The highest BCUT2D eigenvalue weighted by Gasteiger charge is 2.33. The average molecular weight is 437 g/mol. The van der Waals surface area contributed by atoms with Gasteiger partial charge in [-0.2, -0.15) is 4.31 Å². The molecule has 2 aromatic rings. The summed E-state index contributed by atoms with van der Waals surface area (Å²) in [5.74, 6) is -0.517. The Labute approximate surface area is 162 Å². The van der Waals surface area contributed by atoms with Crippen molar-refractivity contribution in [3.8, 4) is 0 Å². The summed E-state index contributed by atoms with van der Waals surface area (Å²) in [6, 6.07) is 14.2. The second-order valence-corrected chi connectivity index (χ2v) is 9.28. The molecule has 0 bridgehead atoms. The van der Waals surface area contributed by atoms with E-state index < -0.39 is 10.0 Å². The van der Waals surface area contributed by atoms with Gasteiger partial charge in [0.25, 0.3) is 0 Å². The molecule has 138 valence electrons. The maximum absolute atomic E-state index is 12.9. The number of nitrogens with zero attached hydrogens (tertiary/aromatic N) is 1. The number of amides is 1. The molecular formula is C19H21BrN2O3S. The average Bonchev–Trinajstić information content (AvgIpc) is 2.64. The molecule has 0 aliphatic carbocycles. The van der Waals surface area contributed by atoms with Gasteiger partial charge in [-0.3, -0.25) is 4.79 Å². The minimum Gasteiger partial charge on any atom is -0.325 e. The molecule has 1 fully saturated rings. The van der Waals surface area contributed by atoms with E-state index in [4.69, 9.17) is 0 Å².